The minimum atomic E-state index is -0.628. The van der Waals surface area contributed by atoms with Crippen molar-refractivity contribution >= 4 is 17.7 Å². The van der Waals surface area contributed by atoms with Gasteiger partial charge in [0.25, 0.3) is 0 Å². The molecule has 0 aromatic heterocycles. The first-order chi connectivity index (χ1) is 7.84. The van der Waals surface area contributed by atoms with Gasteiger partial charge < -0.3 is 9.64 Å². The number of hydrogen-bond acceptors (Lipinski definition) is 4. The first-order valence-corrected chi connectivity index (χ1v) is 5.68. The number of methoxy groups -OCH3 is 1. The lowest BCUT2D eigenvalue weighted by Crippen LogP contribution is -2.47. The lowest BCUT2D eigenvalue weighted by atomic mass is 9.97. The van der Waals surface area contributed by atoms with E-state index >= 15 is 0 Å². The van der Waals surface area contributed by atoms with E-state index in [9.17, 15) is 14.4 Å². The van der Waals surface area contributed by atoms with Crippen LogP contribution in [0.1, 0.15) is 33.6 Å². The summed E-state index contributed by atoms with van der Waals surface area (Å²) in [4.78, 5) is 35.6. The van der Waals surface area contributed by atoms with Gasteiger partial charge in [0.2, 0.25) is 5.91 Å². The Morgan fingerprint density at radius 1 is 1.29 bits per heavy atom. The number of ketones is 1. The molecule has 1 amide bonds. The number of esters is 1. The summed E-state index contributed by atoms with van der Waals surface area (Å²) in [6.07, 6.45) is 0.567. The van der Waals surface area contributed by atoms with E-state index < -0.39 is 12.0 Å². The SMILES string of the molecule is CC[C@H](C)[C@@H](C(=O)OC)N(C)C(=O)CC(C)=O. The van der Waals surface area contributed by atoms with E-state index in [0.29, 0.717) is 0 Å². The number of carbonyl (C=O) groups is 3. The van der Waals surface area contributed by atoms with Gasteiger partial charge in [-0.25, -0.2) is 4.79 Å². The zero-order valence-electron chi connectivity index (χ0n) is 11.1. The van der Waals surface area contributed by atoms with Gasteiger partial charge in [0.1, 0.15) is 11.8 Å². The fourth-order valence-electron chi connectivity index (χ4n) is 1.61. The summed E-state index contributed by atoms with van der Waals surface area (Å²) in [6.45, 7) is 5.16. The molecule has 0 radical (unpaired) electrons. The molecule has 2 atom stereocenters. The Hall–Kier alpha value is -1.39. The first kappa shape index (κ1) is 15.6. The number of ether oxygens (including phenoxy) is 1. The van der Waals surface area contributed by atoms with E-state index in [1.54, 1.807) is 0 Å². The van der Waals surface area contributed by atoms with Gasteiger partial charge in [-0.05, 0) is 12.8 Å². The lowest BCUT2D eigenvalue weighted by Gasteiger charge is -2.30. The maximum Gasteiger partial charge on any atom is 0.328 e. The first-order valence-electron chi connectivity index (χ1n) is 5.68. The molecule has 0 saturated heterocycles. The summed E-state index contributed by atoms with van der Waals surface area (Å²) < 4.78 is 4.69. The van der Waals surface area contributed by atoms with Crippen molar-refractivity contribution < 1.29 is 19.1 Å². The van der Waals surface area contributed by atoms with Gasteiger partial charge >= 0.3 is 5.97 Å². The van der Waals surface area contributed by atoms with Crippen LogP contribution < -0.4 is 0 Å². The van der Waals surface area contributed by atoms with Crippen molar-refractivity contribution in [1.82, 2.24) is 4.90 Å². The highest BCUT2D eigenvalue weighted by molar-refractivity contribution is 5.98. The monoisotopic (exact) mass is 243 g/mol. The molecule has 0 aliphatic rings. The van der Waals surface area contributed by atoms with Crippen LogP contribution >= 0.6 is 0 Å². The topological polar surface area (TPSA) is 63.7 Å². The smallest absolute Gasteiger partial charge is 0.328 e. The number of likely N-dealkylation sites (N-methyl/N-ethyl adjacent to an activating group) is 1. The maximum absolute atomic E-state index is 11.7. The molecule has 0 aliphatic carbocycles. The summed E-state index contributed by atoms with van der Waals surface area (Å²) in [7, 11) is 2.82. The number of hydrogen-bond donors (Lipinski definition) is 0. The van der Waals surface area contributed by atoms with Gasteiger partial charge in [-0.3, -0.25) is 9.59 Å². The summed E-state index contributed by atoms with van der Waals surface area (Å²) >= 11 is 0. The molecule has 0 fully saturated rings. The molecular weight excluding hydrogens is 222 g/mol. The molecule has 5 nitrogen and oxygen atoms in total. The fourth-order valence-corrected chi connectivity index (χ4v) is 1.61. The highest BCUT2D eigenvalue weighted by Crippen LogP contribution is 2.16. The molecule has 98 valence electrons. The van der Waals surface area contributed by atoms with Crippen molar-refractivity contribution in [3.8, 4) is 0 Å². The molecule has 5 heteroatoms. The van der Waals surface area contributed by atoms with Crippen LogP contribution in [0.3, 0.4) is 0 Å². The van der Waals surface area contributed by atoms with Crippen molar-refractivity contribution in [2.24, 2.45) is 5.92 Å². The second-order valence-electron chi connectivity index (χ2n) is 4.24. The second kappa shape index (κ2) is 7.04. The molecule has 0 aromatic rings. The van der Waals surface area contributed by atoms with Gasteiger partial charge in [0.05, 0.1) is 13.5 Å². The molecule has 0 unspecified atom stereocenters. The molecule has 17 heavy (non-hydrogen) atoms. The Morgan fingerprint density at radius 2 is 1.82 bits per heavy atom. The molecule has 0 heterocycles. The Labute approximate surface area is 102 Å². The summed E-state index contributed by atoms with van der Waals surface area (Å²) in [5.41, 5.74) is 0. The highest BCUT2D eigenvalue weighted by atomic mass is 16.5. The predicted molar refractivity (Wildman–Crippen MR) is 63.3 cm³/mol. The zero-order chi connectivity index (χ0) is 13.6. The Kier molecular flexibility index (Phi) is 6.46. The molecule has 0 spiro atoms. The third-order valence-electron chi connectivity index (χ3n) is 2.84. The number of amides is 1. The predicted octanol–water partition coefficient (Wildman–Crippen LogP) is 1.01. The zero-order valence-corrected chi connectivity index (χ0v) is 11.1. The summed E-state index contributed by atoms with van der Waals surface area (Å²) in [6, 6.07) is -0.628. The van der Waals surface area contributed by atoms with Crippen LogP contribution in [-0.4, -0.2) is 42.8 Å². The van der Waals surface area contributed by atoms with Crippen LogP contribution in [0, 0.1) is 5.92 Å². The third kappa shape index (κ3) is 4.54. The largest absolute Gasteiger partial charge is 0.467 e. The number of rotatable bonds is 6. The molecule has 0 aromatic carbocycles. The van der Waals surface area contributed by atoms with E-state index in [2.05, 4.69) is 0 Å². The normalized spacial score (nSPS) is 13.7. The van der Waals surface area contributed by atoms with Gasteiger partial charge in [-0.2, -0.15) is 0 Å². The average Bonchev–Trinajstić information content (AvgIpc) is 2.27. The number of nitrogens with zero attached hydrogens (tertiary/aromatic N) is 1. The lowest BCUT2D eigenvalue weighted by molar-refractivity contribution is -0.154. The van der Waals surface area contributed by atoms with Gasteiger partial charge in [-0.15, -0.1) is 0 Å². The van der Waals surface area contributed by atoms with Crippen molar-refractivity contribution in [2.45, 2.75) is 39.7 Å². The van der Waals surface area contributed by atoms with Crippen molar-refractivity contribution in [3.05, 3.63) is 0 Å². The molecule has 0 saturated carbocycles. The Morgan fingerprint density at radius 3 is 2.18 bits per heavy atom. The van der Waals surface area contributed by atoms with E-state index in [0.717, 1.165) is 6.42 Å². The number of Topliss-reactive ketones (excluding diaryl/α,β-unsaturated/α-hetero) is 1. The minimum Gasteiger partial charge on any atom is -0.467 e. The summed E-state index contributed by atoms with van der Waals surface area (Å²) in [5, 5.41) is 0. The van der Waals surface area contributed by atoms with E-state index in [4.69, 9.17) is 4.74 Å². The molecular formula is C12H21NO4. The molecule has 0 bridgehead atoms. The van der Waals surface area contributed by atoms with Crippen molar-refractivity contribution in [3.63, 3.8) is 0 Å². The van der Waals surface area contributed by atoms with Gasteiger partial charge in [0.15, 0.2) is 0 Å². The van der Waals surface area contributed by atoms with Gasteiger partial charge in [-0.1, -0.05) is 20.3 Å². The van der Waals surface area contributed by atoms with Crippen LogP contribution in [0.25, 0.3) is 0 Å². The Balaban J connectivity index is 4.86. The number of carbonyl (C=O) groups excluding carboxylic acids is 3. The van der Waals surface area contributed by atoms with Crippen molar-refractivity contribution in [2.75, 3.05) is 14.2 Å². The van der Waals surface area contributed by atoms with Crippen LogP contribution in [0.15, 0.2) is 0 Å². The summed E-state index contributed by atoms with van der Waals surface area (Å²) in [5.74, 6) is -1.02. The second-order valence-corrected chi connectivity index (χ2v) is 4.24. The van der Waals surface area contributed by atoms with Crippen LogP contribution in [0.5, 0.6) is 0 Å². The van der Waals surface area contributed by atoms with Crippen LogP contribution in [-0.2, 0) is 19.1 Å². The average molecular weight is 243 g/mol. The van der Waals surface area contributed by atoms with Crippen LogP contribution in [0.4, 0.5) is 0 Å². The van der Waals surface area contributed by atoms with Gasteiger partial charge in [0, 0.05) is 7.05 Å². The van der Waals surface area contributed by atoms with E-state index in [1.165, 1.54) is 26.0 Å². The van der Waals surface area contributed by atoms with E-state index in [-0.39, 0.29) is 24.0 Å². The molecule has 0 N–H and O–H groups in total. The van der Waals surface area contributed by atoms with Crippen LogP contribution in [0.2, 0.25) is 0 Å². The standard InChI is InChI=1S/C12H21NO4/c1-6-8(2)11(12(16)17-5)13(4)10(15)7-9(3)14/h8,11H,6-7H2,1-5H3/t8-,11-/m0/s1. The minimum absolute atomic E-state index is 0.0108. The van der Waals surface area contributed by atoms with E-state index in [1.807, 2.05) is 13.8 Å². The van der Waals surface area contributed by atoms with Crippen molar-refractivity contribution in [1.29, 1.82) is 0 Å². The Bertz CT molecular complexity index is 301. The molecule has 0 aliphatic heterocycles. The maximum atomic E-state index is 11.7. The third-order valence-corrected chi connectivity index (χ3v) is 2.84. The highest BCUT2D eigenvalue weighted by Gasteiger charge is 2.32. The quantitative estimate of drug-likeness (QED) is 0.516. The molecule has 0 rings (SSSR count). The fraction of sp³-hybridized carbons (Fsp3) is 0.750.